The normalized spacial score (nSPS) is 12.6. The van der Waals surface area contributed by atoms with E-state index in [0.29, 0.717) is 6.54 Å². The van der Waals surface area contributed by atoms with Crippen LogP contribution >= 0.6 is 12.6 Å². The van der Waals surface area contributed by atoms with Gasteiger partial charge in [0.15, 0.2) is 0 Å². The molecule has 0 aliphatic carbocycles. The average Bonchev–Trinajstić information content (AvgIpc) is 2.30. The van der Waals surface area contributed by atoms with E-state index in [-0.39, 0.29) is 17.1 Å². The highest BCUT2D eigenvalue weighted by Gasteiger charge is 2.23. The minimum Gasteiger partial charge on any atom is -0.312 e. The summed E-state index contributed by atoms with van der Waals surface area (Å²) in [6.07, 6.45) is 0. The molecule has 1 rings (SSSR count). The molecule has 88 valence electrons. The Morgan fingerprint density at radius 3 is 2.31 bits per heavy atom. The SMILES string of the molecule is CCN(C(=O)C(S)C(C)C)c1ccccc1. The Kier molecular flexibility index (Phi) is 4.87. The number of amides is 1. The molecule has 2 nitrogen and oxygen atoms in total. The molecule has 1 aromatic carbocycles. The zero-order chi connectivity index (χ0) is 12.1. The summed E-state index contributed by atoms with van der Waals surface area (Å²) in [4.78, 5) is 13.9. The van der Waals surface area contributed by atoms with Crippen LogP contribution < -0.4 is 4.90 Å². The molecule has 0 bridgehead atoms. The number of thiol groups is 1. The fraction of sp³-hybridized carbons (Fsp3) is 0.462. The van der Waals surface area contributed by atoms with Crippen molar-refractivity contribution in [1.82, 2.24) is 0 Å². The number of carbonyl (C=O) groups excluding carboxylic acids is 1. The highest BCUT2D eigenvalue weighted by atomic mass is 32.1. The van der Waals surface area contributed by atoms with E-state index in [1.807, 2.05) is 51.1 Å². The summed E-state index contributed by atoms with van der Waals surface area (Å²) < 4.78 is 0. The molecule has 0 saturated heterocycles. The first kappa shape index (κ1) is 13.1. The minimum atomic E-state index is -0.236. The van der Waals surface area contributed by atoms with Crippen LogP contribution in [-0.2, 0) is 4.79 Å². The number of para-hydroxylation sites is 1. The standard InChI is InChI=1S/C13H19NOS/c1-4-14(11-8-6-5-7-9-11)13(15)12(16)10(2)3/h5-10,12,16H,4H2,1-3H3. The molecule has 0 radical (unpaired) electrons. The molecule has 0 fully saturated rings. The van der Waals surface area contributed by atoms with E-state index >= 15 is 0 Å². The first-order valence-corrected chi connectivity index (χ1v) is 6.14. The predicted molar refractivity (Wildman–Crippen MR) is 72.1 cm³/mol. The highest BCUT2D eigenvalue weighted by molar-refractivity contribution is 7.81. The van der Waals surface area contributed by atoms with Gasteiger partial charge in [-0.1, -0.05) is 32.0 Å². The van der Waals surface area contributed by atoms with Crippen LogP contribution in [0.1, 0.15) is 20.8 Å². The molecule has 16 heavy (non-hydrogen) atoms. The van der Waals surface area contributed by atoms with Crippen molar-refractivity contribution < 1.29 is 4.79 Å². The quantitative estimate of drug-likeness (QED) is 0.798. The topological polar surface area (TPSA) is 20.3 Å². The van der Waals surface area contributed by atoms with E-state index < -0.39 is 0 Å². The maximum atomic E-state index is 12.2. The van der Waals surface area contributed by atoms with Crippen LogP contribution in [0, 0.1) is 5.92 Å². The molecule has 0 aliphatic heterocycles. The molecule has 1 amide bonds. The van der Waals surface area contributed by atoms with Gasteiger partial charge in [0.2, 0.25) is 5.91 Å². The Balaban J connectivity index is 2.87. The molecule has 3 heteroatoms. The zero-order valence-electron chi connectivity index (χ0n) is 10.1. The van der Waals surface area contributed by atoms with Crippen LogP contribution in [0.4, 0.5) is 5.69 Å². The summed E-state index contributed by atoms with van der Waals surface area (Å²) in [6.45, 7) is 6.67. The predicted octanol–water partition coefficient (Wildman–Crippen LogP) is 2.99. The smallest absolute Gasteiger partial charge is 0.240 e. The van der Waals surface area contributed by atoms with Crippen LogP contribution in [0.3, 0.4) is 0 Å². The van der Waals surface area contributed by atoms with E-state index in [4.69, 9.17) is 0 Å². The van der Waals surface area contributed by atoms with Crippen molar-refractivity contribution >= 4 is 24.2 Å². The molecule has 0 heterocycles. The van der Waals surface area contributed by atoms with Gasteiger partial charge in [-0.05, 0) is 25.0 Å². The van der Waals surface area contributed by atoms with Crippen LogP contribution in [0.15, 0.2) is 30.3 Å². The third-order valence-corrected chi connectivity index (χ3v) is 3.35. The summed E-state index contributed by atoms with van der Waals surface area (Å²) in [5, 5.41) is -0.236. The summed E-state index contributed by atoms with van der Waals surface area (Å²) in [5.74, 6) is 0.320. The van der Waals surface area contributed by atoms with Gasteiger partial charge in [-0.25, -0.2) is 0 Å². The second kappa shape index (κ2) is 5.94. The van der Waals surface area contributed by atoms with Gasteiger partial charge in [-0.15, -0.1) is 0 Å². The number of hydrogen-bond acceptors (Lipinski definition) is 2. The van der Waals surface area contributed by atoms with Crippen molar-refractivity contribution in [1.29, 1.82) is 0 Å². The van der Waals surface area contributed by atoms with Gasteiger partial charge in [-0.2, -0.15) is 12.6 Å². The second-order valence-corrected chi connectivity index (χ2v) is 4.66. The Labute approximate surface area is 103 Å². The van der Waals surface area contributed by atoms with Crippen LogP contribution in [-0.4, -0.2) is 17.7 Å². The van der Waals surface area contributed by atoms with E-state index in [1.54, 1.807) is 4.90 Å². The van der Waals surface area contributed by atoms with Crippen molar-refractivity contribution in [2.24, 2.45) is 5.92 Å². The summed E-state index contributed by atoms with van der Waals surface area (Å²) in [5.41, 5.74) is 0.940. The Bertz CT molecular complexity index is 337. The first-order chi connectivity index (χ1) is 7.57. The molecule has 1 unspecified atom stereocenters. The van der Waals surface area contributed by atoms with E-state index in [9.17, 15) is 4.79 Å². The molecule has 0 aliphatic rings. The summed E-state index contributed by atoms with van der Waals surface area (Å²) in [7, 11) is 0. The lowest BCUT2D eigenvalue weighted by Crippen LogP contribution is -2.39. The maximum absolute atomic E-state index is 12.2. The number of rotatable bonds is 4. The van der Waals surface area contributed by atoms with Gasteiger partial charge in [0, 0.05) is 12.2 Å². The third-order valence-electron chi connectivity index (χ3n) is 2.53. The van der Waals surface area contributed by atoms with Crippen molar-refractivity contribution in [3.05, 3.63) is 30.3 Å². The molecule has 0 spiro atoms. The van der Waals surface area contributed by atoms with Crippen molar-refractivity contribution in [2.75, 3.05) is 11.4 Å². The molecule has 0 aromatic heterocycles. The molecule has 1 atom stereocenters. The van der Waals surface area contributed by atoms with E-state index in [1.165, 1.54) is 0 Å². The van der Waals surface area contributed by atoms with Crippen molar-refractivity contribution in [3.8, 4) is 0 Å². The highest BCUT2D eigenvalue weighted by Crippen LogP contribution is 2.19. The van der Waals surface area contributed by atoms with Gasteiger partial charge in [-0.3, -0.25) is 4.79 Å². The third kappa shape index (κ3) is 3.01. The van der Waals surface area contributed by atoms with Gasteiger partial charge >= 0.3 is 0 Å². The zero-order valence-corrected chi connectivity index (χ0v) is 10.9. The van der Waals surface area contributed by atoms with E-state index in [2.05, 4.69) is 12.6 Å². The van der Waals surface area contributed by atoms with Crippen molar-refractivity contribution in [2.45, 2.75) is 26.0 Å². The Hall–Kier alpha value is -0.960. The lowest BCUT2D eigenvalue weighted by atomic mass is 10.1. The van der Waals surface area contributed by atoms with Gasteiger partial charge < -0.3 is 4.90 Å². The van der Waals surface area contributed by atoms with Crippen LogP contribution in [0.5, 0.6) is 0 Å². The fourth-order valence-electron chi connectivity index (χ4n) is 1.52. The molecule has 1 aromatic rings. The number of hydrogen-bond donors (Lipinski definition) is 1. The second-order valence-electron chi connectivity index (χ2n) is 4.11. The van der Waals surface area contributed by atoms with Gasteiger partial charge in [0.25, 0.3) is 0 Å². The molecule has 0 saturated carbocycles. The van der Waals surface area contributed by atoms with E-state index in [0.717, 1.165) is 5.69 Å². The Morgan fingerprint density at radius 2 is 1.88 bits per heavy atom. The number of carbonyl (C=O) groups is 1. The molecular formula is C13H19NOS. The number of anilines is 1. The van der Waals surface area contributed by atoms with Crippen molar-refractivity contribution in [3.63, 3.8) is 0 Å². The maximum Gasteiger partial charge on any atom is 0.240 e. The average molecular weight is 237 g/mol. The minimum absolute atomic E-state index is 0.0760. The lowest BCUT2D eigenvalue weighted by molar-refractivity contribution is -0.118. The van der Waals surface area contributed by atoms with Gasteiger partial charge in [0.1, 0.15) is 0 Å². The largest absolute Gasteiger partial charge is 0.312 e. The lowest BCUT2D eigenvalue weighted by Gasteiger charge is -2.25. The fourth-order valence-corrected chi connectivity index (χ4v) is 1.66. The molecular weight excluding hydrogens is 218 g/mol. The summed E-state index contributed by atoms with van der Waals surface area (Å²) >= 11 is 4.37. The van der Waals surface area contributed by atoms with Crippen LogP contribution in [0.25, 0.3) is 0 Å². The Morgan fingerprint density at radius 1 is 1.31 bits per heavy atom. The van der Waals surface area contributed by atoms with Crippen LogP contribution in [0.2, 0.25) is 0 Å². The summed E-state index contributed by atoms with van der Waals surface area (Å²) in [6, 6.07) is 9.72. The monoisotopic (exact) mass is 237 g/mol. The number of benzene rings is 1. The molecule has 0 N–H and O–H groups in total. The number of nitrogens with zero attached hydrogens (tertiary/aromatic N) is 1. The first-order valence-electron chi connectivity index (χ1n) is 5.62. The van der Waals surface area contributed by atoms with Gasteiger partial charge in [0.05, 0.1) is 5.25 Å².